The minimum Gasteiger partial charge on any atom is -0.324 e. The van der Waals surface area contributed by atoms with Crippen molar-refractivity contribution in [3.63, 3.8) is 0 Å². The molecule has 1 aromatic carbocycles. The number of carbonyl (C=O) groups is 1. The molecule has 1 saturated heterocycles. The first-order valence-corrected chi connectivity index (χ1v) is 10.1. The van der Waals surface area contributed by atoms with Crippen LogP contribution in [0.1, 0.15) is 18.5 Å². The van der Waals surface area contributed by atoms with E-state index in [-0.39, 0.29) is 15.6 Å². The number of amides is 1. The molecule has 1 aliphatic rings. The van der Waals surface area contributed by atoms with Crippen LogP contribution in [0, 0.1) is 0 Å². The zero-order valence-corrected chi connectivity index (χ0v) is 16.0. The van der Waals surface area contributed by atoms with E-state index in [1.807, 2.05) is 0 Å². The molecule has 0 aliphatic carbocycles. The largest absolute Gasteiger partial charge is 0.435 e. The molecule has 152 valence electrons. The Morgan fingerprint density at radius 1 is 1.21 bits per heavy atom. The average molecular weight is 437 g/mol. The molecule has 3 rings (SSSR count). The molecule has 12 heteroatoms. The Bertz CT molecular complexity index is 985. The number of hydrogen-bond donors (Lipinski definition) is 1. The van der Waals surface area contributed by atoms with Crippen molar-refractivity contribution in [2.75, 3.05) is 18.4 Å². The summed E-state index contributed by atoms with van der Waals surface area (Å²) in [4.78, 5) is 12.0. The highest BCUT2D eigenvalue weighted by Crippen LogP contribution is 2.30. The number of alkyl halides is 3. The van der Waals surface area contributed by atoms with Crippen LogP contribution in [0.25, 0.3) is 0 Å². The molecule has 28 heavy (non-hydrogen) atoms. The van der Waals surface area contributed by atoms with Crippen LogP contribution in [0.2, 0.25) is 5.02 Å². The van der Waals surface area contributed by atoms with Crippen LogP contribution in [-0.2, 0) is 27.5 Å². The van der Waals surface area contributed by atoms with Crippen molar-refractivity contribution in [1.29, 1.82) is 0 Å². The molecule has 1 aliphatic heterocycles. The van der Waals surface area contributed by atoms with Crippen molar-refractivity contribution in [3.8, 4) is 0 Å². The fourth-order valence-corrected chi connectivity index (χ4v) is 4.81. The van der Waals surface area contributed by atoms with Crippen LogP contribution < -0.4 is 5.32 Å². The Morgan fingerprint density at radius 3 is 2.50 bits per heavy atom. The number of sulfonamides is 1. The van der Waals surface area contributed by atoms with E-state index in [1.165, 1.54) is 22.5 Å². The molecule has 0 saturated carbocycles. The van der Waals surface area contributed by atoms with E-state index in [9.17, 15) is 26.4 Å². The molecule has 1 aromatic heterocycles. The molecule has 0 radical (unpaired) electrons. The van der Waals surface area contributed by atoms with Gasteiger partial charge in [-0.25, -0.2) is 8.42 Å². The molecule has 7 nitrogen and oxygen atoms in total. The molecule has 0 bridgehead atoms. The maximum atomic E-state index is 12.7. The van der Waals surface area contributed by atoms with Crippen molar-refractivity contribution in [2.24, 2.45) is 0 Å². The fraction of sp³-hybridized carbons (Fsp3) is 0.375. The van der Waals surface area contributed by atoms with Crippen LogP contribution in [0.4, 0.5) is 18.9 Å². The first kappa shape index (κ1) is 20.6. The molecule has 1 N–H and O–H groups in total. The van der Waals surface area contributed by atoms with E-state index < -0.39 is 34.3 Å². The average Bonchev–Trinajstić information content (AvgIpc) is 3.27. The summed E-state index contributed by atoms with van der Waals surface area (Å²) in [6.07, 6.45) is -2.04. The van der Waals surface area contributed by atoms with E-state index in [4.69, 9.17) is 11.6 Å². The third-order valence-electron chi connectivity index (χ3n) is 4.13. The van der Waals surface area contributed by atoms with Gasteiger partial charge >= 0.3 is 6.18 Å². The van der Waals surface area contributed by atoms with Gasteiger partial charge in [0, 0.05) is 25.0 Å². The smallest absolute Gasteiger partial charge is 0.324 e. The highest BCUT2D eigenvalue weighted by Gasteiger charge is 2.33. The van der Waals surface area contributed by atoms with E-state index in [2.05, 4.69) is 10.4 Å². The zero-order valence-electron chi connectivity index (χ0n) is 14.4. The van der Waals surface area contributed by atoms with Gasteiger partial charge in [0.05, 0.1) is 5.02 Å². The van der Waals surface area contributed by atoms with Gasteiger partial charge < -0.3 is 5.32 Å². The van der Waals surface area contributed by atoms with Gasteiger partial charge in [-0.3, -0.25) is 9.48 Å². The van der Waals surface area contributed by atoms with Gasteiger partial charge in [0.2, 0.25) is 15.9 Å². The molecule has 1 fully saturated rings. The summed E-state index contributed by atoms with van der Waals surface area (Å²) in [5.74, 6) is -0.663. The number of nitrogens with zero attached hydrogens (tertiary/aromatic N) is 3. The van der Waals surface area contributed by atoms with Crippen LogP contribution >= 0.6 is 11.6 Å². The van der Waals surface area contributed by atoms with E-state index in [0.29, 0.717) is 13.1 Å². The van der Waals surface area contributed by atoms with Gasteiger partial charge in [-0.2, -0.15) is 22.6 Å². The molecule has 1 amide bonds. The summed E-state index contributed by atoms with van der Waals surface area (Å²) in [5.41, 5.74) is -0.943. The minimum atomic E-state index is -4.60. The monoisotopic (exact) mass is 436 g/mol. The summed E-state index contributed by atoms with van der Waals surface area (Å²) in [7, 11) is -3.79. The lowest BCUT2D eigenvalue weighted by Crippen LogP contribution is -2.28. The number of rotatable bonds is 5. The standard InChI is InChI=1S/C16H16ClF3N4O3S/c17-12-4-3-11(9-13(12)28(26,27)24-6-1-2-7-24)21-15(25)10-23-8-5-14(22-23)16(18,19)20/h3-5,8-9H,1-2,6-7,10H2,(H,21,25). The van der Waals surface area contributed by atoms with Gasteiger partial charge in [0.1, 0.15) is 11.4 Å². The molecule has 0 atom stereocenters. The highest BCUT2D eigenvalue weighted by molar-refractivity contribution is 7.89. The number of benzene rings is 1. The predicted octanol–water partition coefficient (Wildman–Crippen LogP) is 2.98. The predicted molar refractivity (Wildman–Crippen MR) is 95.3 cm³/mol. The number of anilines is 1. The summed E-state index contributed by atoms with van der Waals surface area (Å²) in [6, 6.07) is 4.75. The lowest BCUT2D eigenvalue weighted by Gasteiger charge is -2.17. The van der Waals surface area contributed by atoms with E-state index in [0.717, 1.165) is 29.8 Å². The summed E-state index contributed by atoms with van der Waals surface area (Å²) < 4.78 is 65.2. The quantitative estimate of drug-likeness (QED) is 0.781. The van der Waals surface area contributed by atoms with Gasteiger partial charge in [-0.05, 0) is 37.1 Å². The topological polar surface area (TPSA) is 84.3 Å². The van der Waals surface area contributed by atoms with Crippen LogP contribution in [0.15, 0.2) is 35.4 Å². The second kappa shape index (κ2) is 7.72. The molecular formula is C16H16ClF3N4O3S. The second-order valence-electron chi connectivity index (χ2n) is 6.20. The van der Waals surface area contributed by atoms with Crippen molar-refractivity contribution in [3.05, 3.63) is 41.2 Å². The van der Waals surface area contributed by atoms with Crippen molar-refractivity contribution < 1.29 is 26.4 Å². The lowest BCUT2D eigenvalue weighted by atomic mass is 10.3. The number of carbonyl (C=O) groups excluding carboxylic acids is 1. The van der Waals surface area contributed by atoms with Gasteiger partial charge in [0.15, 0.2) is 5.69 Å². The van der Waals surface area contributed by atoms with E-state index in [1.54, 1.807) is 0 Å². The normalized spacial score (nSPS) is 15.7. The Labute approximate surface area is 164 Å². The molecule has 2 heterocycles. The third kappa shape index (κ3) is 4.47. The maximum Gasteiger partial charge on any atom is 0.435 e. The number of hydrogen-bond acceptors (Lipinski definition) is 4. The van der Waals surface area contributed by atoms with Crippen LogP contribution in [-0.4, -0.2) is 41.5 Å². The van der Waals surface area contributed by atoms with Crippen molar-refractivity contribution in [2.45, 2.75) is 30.5 Å². The van der Waals surface area contributed by atoms with Crippen LogP contribution in [0.5, 0.6) is 0 Å². The Morgan fingerprint density at radius 2 is 1.89 bits per heavy atom. The molecule has 2 aromatic rings. The zero-order chi connectivity index (χ0) is 20.5. The Kier molecular flexibility index (Phi) is 5.69. The molecule has 0 unspecified atom stereocenters. The number of nitrogens with one attached hydrogen (secondary N) is 1. The fourth-order valence-electron chi connectivity index (χ4n) is 2.79. The second-order valence-corrected chi connectivity index (χ2v) is 8.51. The first-order chi connectivity index (χ1) is 13.1. The first-order valence-electron chi connectivity index (χ1n) is 8.27. The van der Waals surface area contributed by atoms with Gasteiger partial charge in [-0.1, -0.05) is 11.6 Å². The number of aromatic nitrogens is 2. The van der Waals surface area contributed by atoms with E-state index >= 15 is 0 Å². The SMILES string of the molecule is O=C(Cn1ccc(C(F)(F)F)n1)Nc1ccc(Cl)c(S(=O)(=O)N2CCCC2)c1. The highest BCUT2D eigenvalue weighted by atomic mass is 35.5. The van der Waals surface area contributed by atoms with Gasteiger partial charge in [-0.15, -0.1) is 0 Å². The maximum absolute atomic E-state index is 12.7. The van der Waals surface area contributed by atoms with Crippen molar-refractivity contribution in [1.82, 2.24) is 14.1 Å². The lowest BCUT2D eigenvalue weighted by molar-refractivity contribution is -0.141. The minimum absolute atomic E-state index is 0.0202. The Hall–Kier alpha value is -2.11. The van der Waals surface area contributed by atoms with Crippen LogP contribution in [0.3, 0.4) is 0 Å². The molecule has 0 spiro atoms. The summed E-state index contributed by atoms with van der Waals surface area (Å²) >= 11 is 6.03. The summed E-state index contributed by atoms with van der Waals surface area (Å²) in [6.45, 7) is 0.332. The Balaban J connectivity index is 1.74. The number of halogens is 4. The third-order valence-corrected chi connectivity index (χ3v) is 6.51. The molecular weight excluding hydrogens is 421 g/mol. The van der Waals surface area contributed by atoms with Crippen molar-refractivity contribution >= 4 is 33.2 Å². The van der Waals surface area contributed by atoms with Gasteiger partial charge in [0.25, 0.3) is 0 Å². The summed E-state index contributed by atoms with van der Waals surface area (Å²) in [5, 5.41) is 5.76.